The number of pyridine rings is 1. The molecule has 0 unspecified atom stereocenters. The number of rotatable bonds is 2. The molecular formula is C12H8BrClN2. The normalized spacial score (nSPS) is 10.3. The van der Waals surface area contributed by atoms with Crippen LogP contribution in [0.3, 0.4) is 0 Å². The number of benzene rings is 1. The highest BCUT2D eigenvalue weighted by atomic mass is 79.9. The molecule has 4 heteroatoms. The lowest BCUT2D eigenvalue weighted by Gasteiger charge is -2.03. The van der Waals surface area contributed by atoms with Gasteiger partial charge in [0.2, 0.25) is 0 Å². The van der Waals surface area contributed by atoms with E-state index in [0.717, 1.165) is 22.7 Å². The summed E-state index contributed by atoms with van der Waals surface area (Å²) in [6.07, 6.45) is 0.937. The Morgan fingerprint density at radius 2 is 2.19 bits per heavy atom. The van der Waals surface area contributed by atoms with Crippen molar-refractivity contribution < 1.29 is 0 Å². The second-order valence-electron chi connectivity index (χ2n) is 3.39. The van der Waals surface area contributed by atoms with E-state index in [2.05, 4.69) is 20.9 Å². The fraction of sp³-hybridized carbons (Fsp3) is 0.167. The van der Waals surface area contributed by atoms with Crippen LogP contribution in [0.2, 0.25) is 5.02 Å². The molecule has 0 aliphatic carbocycles. The average Bonchev–Trinajstić information content (AvgIpc) is 2.29. The number of fused-ring (bicyclic) bond motifs is 1. The summed E-state index contributed by atoms with van der Waals surface area (Å²) in [6.45, 7) is 0. The third kappa shape index (κ3) is 2.18. The molecule has 1 heterocycles. The number of aromatic nitrogens is 1. The first-order chi connectivity index (χ1) is 7.74. The SMILES string of the molecule is N#Cc1cc(Cl)c2ccc(CCBr)cc2n1. The highest BCUT2D eigenvalue weighted by Crippen LogP contribution is 2.24. The molecule has 0 fully saturated rings. The van der Waals surface area contributed by atoms with E-state index in [1.54, 1.807) is 6.07 Å². The van der Waals surface area contributed by atoms with Crippen LogP contribution in [0.4, 0.5) is 0 Å². The summed E-state index contributed by atoms with van der Waals surface area (Å²) < 4.78 is 0. The zero-order chi connectivity index (χ0) is 11.5. The summed E-state index contributed by atoms with van der Waals surface area (Å²) in [5, 5.41) is 11.2. The van der Waals surface area contributed by atoms with E-state index in [0.29, 0.717) is 10.7 Å². The summed E-state index contributed by atoms with van der Waals surface area (Å²) in [5.74, 6) is 0. The smallest absolute Gasteiger partial charge is 0.142 e. The zero-order valence-electron chi connectivity index (χ0n) is 8.37. The minimum absolute atomic E-state index is 0.355. The van der Waals surface area contributed by atoms with Gasteiger partial charge in [-0.2, -0.15) is 5.26 Å². The third-order valence-corrected chi connectivity index (χ3v) is 3.03. The van der Waals surface area contributed by atoms with Crippen molar-refractivity contribution in [2.75, 3.05) is 5.33 Å². The van der Waals surface area contributed by atoms with Gasteiger partial charge in [0.15, 0.2) is 0 Å². The van der Waals surface area contributed by atoms with Crippen molar-refractivity contribution >= 4 is 38.4 Å². The van der Waals surface area contributed by atoms with Crippen molar-refractivity contribution in [1.29, 1.82) is 5.26 Å². The lowest BCUT2D eigenvalue weighted by atomic mass is 10.1. The number of nitriles is 1. The Morgan fingerprint density at radius 1 is 1.38 bits per heavy atom. The van der Waals surface area contributed by atoms with E-state index in [4.69, 9.17) is 16.9 Å². The molecule has 2 rings (SSSR count). The topological polar surface area (TPSA) is 36.7 Å². The maximum atomic E-state index is 8.82. The molecule has 0 bridgehead atoms. The van der Waals surface area contributed by atoms with Gasteiger partial charge in [0.25, 0.3) is 0 Å². The van der Waals surface area contributed by atoms with Crippen LogP contribution in [-0.2, 0) is 6.42 Å². The van der Waals surface area contributed by atoms with Crippen LogP contribution >= 0.6 is 27.5 Å². The maximum Gasteiger partial charge on any atom is 0.142 e. The molecule has 16 heavy (non-hydrogen) atoms. The molecule has 80 valence electrons. The minimum atomic E-state index is 0.355. The Bertz CT molecular complexity index is 575. The van der Waals surface area contributed by atoms with E-state index in [1.807, 2.05) is 24.3 Å². The Hall–Kier alpha value is -1.11. The van der Waals surface area contributed by atoms with Gasteiger partial charge >= 0.3 is 0 Å². The predicted molar refractivity (Wildman–Crippen MR) is 69.0 cm³/mol. The summed E-state index contributed by atoms with van der Waals surface area (Å²) >= 11 is 9.46. The second kappa shape index (κ2) is 4.82. The molecule has 0 radical (unpaired) electrons. The second-order valence-corrected chi connectivity index (χ2v) is 4.59. The van der Waals surface area contributed by atoms with Gasteiger partial charge in [-0.05, 0) is 24.1 Å². The number of hydrogen-bond donors (Lipinski definition) is 0. The highest BCUT2D eigenvalue weighted by molar-refractivity contribution is 9.09. The molecule has 0 saturated carbocycles. The van der Waals surface area contributed by atoms with Gasteiger partial charge in [0.1, 0.15) is 11.8 Å². The van der Waals surface area contributed by atoms with Crippen LogP contribution < -0.4 is 0 Å². The van der Waals surface area contributed by atoms with Crippen molar-refractivity contribution in [3.8, 4) is 6.07 Å². The fourth-order valence-corrected chi connectivity index (χ4v) is 2.27. The van der Waals surface area contributed by atoms with E-state index < -0.39 is 0 Å². The molecule has 2 aromatic rings. The van der Waals surface area contributed by atoms with Crippen LogP contribution in [0.1, 0.15) is 11.3 Å². The molecule has 0 amide bonds. The van der Waals surface area contributed by atoms with Crippen LogP contribution in [0.15, 0.2) is 24.3 Å². The number of halogens is 2. The third-order valence-electron chi connectivity index (χ3n) is 2.32. The average molecular weight is 296 g/mol. The highest BCUT2D eigenvalue weighted by Gasteiger charge is 2.04. The van der Waals surface area contributed by atoms with Crippen LogP contribution in [0.25, 0.3) is 10.9 Å². The Morgan fingerprint density at radius 3 is 2.88 bits per heavy atom. The molecule has 1 aromatic heterocycles. The number of hydrogen-bond acceptors (Lipinski definition) is 2. The number of aryl methyl sites for hydroxylation is 1. The Kier molecular flexibility index (Phi) is 3.42. The van der Waals surface area contributed by atoms with Crippen molar-refractivity contribution in [2.45, 2.75) is 6.42 Å². The monoisotopic (exact) mass is 294 g/mol. The Balaban J connectivity index is 2.63. The first-order valence-corrected chi connectivity index (χ1v) is 6.30. The van der Waals surface area contributed by atoms with E-state index in [1.165, 1.54) is 5.56 Å². The maximum absolute atomic E-state index is 8.82. The van der Waals surface area contributed by atoms with Gasteiger partial charge in [-0.1, -0.05) is 39.7 Å². The van der Waals surface area contributed by atoms with E-state index in [-0.39, 0.29) is 0 Å². The molecule has 0 atom stereocenters. The van der Waals surface area contributed by atoms with Crippen LogP contribution in [0, 0.1) is 11.3 Å². The van der Waals surface area contributed by atoms with Gasteiger partial charge in [-0.25, -0.2) is 4.98 Å². The number of alkyl halides is 1. The molecule has 0 aliphatic heterocycles. The quantitative estimate of drug-likeness (QED) is 0.792. The molecule has 0 spiro atoms. The van der Waals surface area contributed by atoms with Gasteiger partial charge in [0, 0.05) is 10.7 Å². The molecule has 1 aromatic carbocycles. The van der Waals surface area contributed by atoms with Crippen molar-refractivity contribution in [3.63, 3.8) is 0 Å². The Labute approximate surface area is 107 Å². The lowest BCUT2D eigenvalue weighted by Crippen LogP contribution is -1.90. The molecular weight excluding hydrogens is 288 g/mol. The summed E-state index contributed by atoms with van der Waals surface area (Å²) in [5.41, 5.74) is 2.32. The molecule has 0 N–H and O–H groups in total. The van der Waals surface area contributed by atoms with Gasteiger partial charge < -0.3 is 0 Å². The summed E-state index contributed by atoms with van der Waals surface area (Å²) in [6, 6.07) is 9.55. The first kappa shape index (κ1) is 11.4. The van der Waals surface area contributed by atoms with Crippen molar-refractivity contribution in [1.82, 2.24) is 4.98 Å². The van der Waals surface area contributed by atoms with E-state index in [9.17, 15) is 0 Å². The molecule has 0 saturated heterocycles. The lowest BCUT2D eigenvalue weighted by molar-refractivity contribution is 1.17. The summed E-state index contributed by atoms with van der Waals surface area (Å²) in [4.78, 5) is 4.24. The van der Waals surface area contributed by atoms with Gasteiger partial charge in [-0.3, -0.25) is 0 Å². The number of nitrogens with zero attached hydrogens (tertiary/aromatic N) is 2. The fourth-order valence-electron chi connectivity index (χ4n) is 1.55. The van der Waals surface area contributed by atoms with Crippen molar-refractivity contribution in [2.24, 2.45) is 0 Å². The largest absolute Gasteiger partial charge is 0.237 e. The van der Waals surface area contributed by atoms with Crippen molar-refractivity contribution in [3.05, 3.63) is 40.5 Å². The van der Waals surface area contributed by atoms with Crippen LogP contribution in [0.5, 0.6) is 0 Å². The van der Waals surface area contributed by atoms with Gasteiger partial charge in [-0.15, -0.1) is 0 Å². The van der Waals surface area contributed by atoms with E-state index >= 15 is 0 Å². The minimum Gasteiger partial charge on any atom is -0.237 e. The van der Waals surface area contributed by atoms with Gasteiger partial charge in [0.05, 0.1) is 10.5 Å². The standard InChI is InChI=1S/C12H8BrClN2/c13-4-3-8-1-2-10-11(14)6-9(7-15)16-12(10)5-8/h1-2,5-6H,3-4H2. The zero-order valence-corrected chi connectivity index (χ0v) is 10.7. The summed E-state index contributed by atoms with van der Waals surface area (Å²) in [7, 11) is 0. The molecule has 0 aliphatic rings. The predicted octanol–water partition coefficient (Wildman–Crippen LogP) is 3.70. The first-order valence-electron chi connectivity index (χ1n) is 4.80. The molecule has 2 nitrogen and oxygen atoms in total. The van der Waals surface area contributed by atoms with Crippen LogP contribution in [-0.4, -0.2) is 10.3 Å².